The average Bonchev–Trinajstić information content (AvgIpc) is 2.69. The van der Waals surface area contributed by atoms with Gasteiger partial charge in [-0.3, -0.25) is 0 Å². The van der Waals surface area contributed by atoms with Gasteiger partial charge in [0.2, 0.25) is 0 Å². The molecule has 14 heavy (non-hydrogen) atoms. The molecule has 7 heteroatoms. The highest BCUT2D eigenvalue weighted by Crippen LogP contribution is 2.23. The van der Waals surface area contributed by atoms with Gasteiger partial charge >= 0.3 is 0 Å². The van der Waals surface area contributed by atoms with Crippen molar-refractivity contribution in [1.82, 2.24) is 19.6 Å². The minimum atomic E-state index is 0.459. The second-order valence-electron chi connectivity index (χ2n) is 2.43. The van der Waals surface area contributed by atoms with Crippen LogP contribution in [0, 0.1) is 0 Å². The summed E-state index contributed by atoms with van der Waals surface area (Å²) in [7, 11) is 0. The molecular weight excluding hydrogens is 218 g/mol. The van der Waals surface area contributed by atoms with E-state index in [2.05, 4.69) is 19.6 Å². The fraction of sp³-hybridized carbons (Fsp3) is 0.143. The number of aromatic nitrogens is 4. The maximum atomic E-state index is 5.63. The Bertz CT molecular complexity index is 402. The Morgan fingerprint density at radius 2 is 2.21 bits per heavy atom. The van der Waals surface area contributed by atoms with Gasteiger partial charge in [0.05, 0.1) is 5.69 Å². The molecule has 0 saturated heterocycles. The third kappa shape index (κ3) is 2.18. The highest BCUT2D eigenvalue weighted by molar-refractivity contribution is 7.98. The third-order valence-electron chi connectivity index (χ3n) is 1.45. The number of hydrogen-bond acceptors (Lipinski definition) is 7. The van der Waals surface area contributed by atoms with Gasteiger partial charge in [-0.1, -0.05) is 16.3 Å². The third-order valence-corrected chi connectivity index (χ3v) is 3.03. The molecule has 72 valence electrons. The Balaban J connectivity index is 2.02. The molecule has 0 radical (unpaired) electrons. The van der Waals surface area contributed by atoms with Crippen LogP contribution in [-0.2, 0) is 5.75 Å². The van der Waals surface area contributed by atoms with Crippen molar-refractivity contribution in [1.29, 1.82) is 0 Å². The van der Waals surface area contributed by atoms with Crippen LogP contribution in [0.2, 0.25) is 0 Å². The van der Waals surface area contributed by atoms with Crippen LogP contribution in [0.1, 0.15) is 5.69 Å². The normalized spacial score (nSPS) is 10.3. The van der Waals surface area contributed by atoms with Gasteiger partial charge in [-0.2, -0.15) is 0 Å². The molecule has 0 aliphatic heterocycles. The Hall–Kier alpha value is -1.21. The van der Waals surface area contributed by atoms with Crippen molar-refractivity contribution in [3.05, 3.63) is 23.5 Å². The van der Waals surface area contributed by atoms with Crippen LogP contribution < -0.4 is 5.73 Å². The molecule has 0 spiro atoms. The van der Waals surface area contributed by atoms with Crippen LogP contribution in [0.3, 0.4) is 0 Å². The first-order valence-corrected chi connectivity index (χ1v) is 5.63. The van der Waals surface area contributed by atoms with Crippen molar-refractivity contribution in [3.8, 4) is 0 Å². The zero-order valence-corrected chi connectivity index (χ0v) is 8.75. The smallest absolute Gasteiger partial charge is 0.156 e. The zero-order chi connectivity index (χ0) is 9.80. The lowest BCUT2D eigenvalue weighted by Crippen LogP contribution is -1.94. The summed E-state index contributed by atoms with van der Waals surface area (Å²) in [4.78, 5) is 8.05. The standard InChI is InChI=1S/C7H7N5S2/c8-6-7(10-2-1-9-6)13-3-5-4-14-12-11-5/h1-2,4H,3H2,(H2,8,9). The summed E-state index contributed by atoms with van der Waals surface area (Å²) in [6.07, 6.45) is 3.20. The minimum Gasteiger partial charge on any atom is -0.381 e. The highest BCUT2D eigenvalue weighted by Gasteiger charge is 2.03. The molecule has 2 aromatic rings. The molecule has 0 aliphatic carbocycles. The van der Waals surface area contributed by atoms with Crippen LogP contribution in [-0.4, -0.2) is 19.6 Å². The van der Waals surface area contributed by atoms with Gasteiger partial charge in [-0.05, 0) is 11.5 Å². The Kier molecular flexibility index (Phi) is 2.90. The van der Waals surface area contributed by atoms with Gasteiger partial charge in [0.15, 0.2) is 5.82 Å². The van der Waals surface area contributed by atoms with Crippen LogP contribution in [0.15, 0.2) is 22.8 Å². The van der Waals surface area contributed by atoms with Crippen LogP contribution in [0.25, 0.3) is 0 Å². The summed E-state index contributed by atoms with van der Waals surface area (Å²) in [6.45, 7) is 0. The molecule has 0 fully saturated rings. The van der Waals surface area contributed by atoms with Crippen molar-refractivity contribution in [2.75, 3.05) is 5.73 Å². The summed E-state index contributed by atoms with van der Waals surface area (Å²) in [5.74, 6) is 1.18. The van der Waals surface area contributed by atoms with Crippen LogP contribution >= 0.6 is 23.3 Å². The molecular formula is C7H7N5S2. The first kappa shape index (κ1) is 9.35. The summed E-state index contributed by atoms with van der Waals surface area (Å²) >= 11 is 2.85. The van der Waals surface area contributed by atoms with E-state index in [-0.39, 0.29) is 0 Å². The minimum absolute atomic E-state index is 0.459. The lowest BCUT2D eigenvalue weighted by molar-refractivity contribution is 1.05. The molecule has 0 bridgehead atoms. The van der Waals surface area contributed by atoms with E-state index in [0.29, 0.717) is 5.82 Å². The van der Waals surface area contributed by atoms with Crippen LogP contribution in [0.4, 0.5) is 5.82 Å². The summed E-state index contributed by atoms with van der Waals surface area (Å²) in [5, 5.41) is 6.56. The molecule has 0 amide bonds. The van der Waals surface area contributed by atoms with Gasteiger partial charge < -0.3 is 5.73 Å². The van der Waals surface area contributed by atoms with Crippen molar-refractivity contribution >= 4 is 29.1 Å². The fourth-order valence-corrected chi connectivity index (χ4v) is 2.15. The monoisotopic (exact) mass is 225 g/mol. The van der Waals surface area contributed by atoms with Crippen molar-refractivity contribution in [3.63, 3.8) is 0 Å². The molecule has 0 aromatic carbocycles. The molecule has 2 aromatic heterocycles. The van der Waals surface area contributed by atoms with Crippen LogP contribution in [0.5, 0.6) is 0 Å². The summed E-state index contributed by atoms with van der Waals surface area (Å²) in [5.41, 5.74) is 6.57. The van der Waals surface area contributed by atoms with Gasteiger partial charge in [-0.15, -0.1) is 5.10 Å². The first-order chi connectivity index (χ1) is 6.86. The number of rotatable bonds is 3. The molecule has 2 heterocycles. The van der Waals surface area contributed by atoms with E-state index in [4.69, 9.17) is 5.73 Å². The summed E-state index contributed by atoms with van der Waals surface area (Å²) < 4.78 is 3.77. The SMILES string of the molecule is Nc1nccnc1SCc1csnn1. The number of anilines is 1. The zero-order valence-electron chi connectivity index (χ0n) is 7.12. The van der Waals surface area contributed by atoms with Crippen molar-refractivity contribution < 1.29 is 0 Å². The molecule has 0 unspecified atom stereocenters. The summed E-state index contributed by atoms with van der Waals surface area (Å²) in [6, 6.07) is 0. The number of hydrogen-bond donors (Lipinski definition) is 1. The van der Waals surface area contributed by atoms with Crippen molar-refractivity contribution in [2.45, 2.75) is 10.8 Å². The molecule has 0 atom stereocenters. The number of nitrogen functional groups attached to an aromatic ring is 1. The highest BCUT2D eigenvalue weighted by atomic mass is 32.2. The molecule has 2 rings (SSSR count). The maximum absolute atomic E-state index is 5.63. The molecule has 2 N–H and O–H groups in total. The Morgan fingerprint density at radius 1 is 1.36 bits per heavy atom. The number of nitrogens with zero attached hydrogens (tertiary/aromatic N) is 4. The quantitative estimate of drug-likeness (QED) is 0.791. The average molecular weight is 225 g/mol. The topological polar surface area (TPSA) is 77.6 Å². The molecule has 5 nitrogen and oxygen atoms in total. The predicted molar refractivity (Wildman–Crippen MR) is 55.9 cm³/mol. The van der Waals surface area contributed by atoms with Gasteiger partial charge in [-0.25, -0.2) is 9.97 Å². The van der Waals surface area contributed by atoms with E-state index in [1.165, 1.54) is 23.3 Å². The van der Waals surface area contributed by atoms with E-state index in [9.17, 15) is 0 Å². The van der Waals surface area contributed by atoms with Gasteiger partial charge in [0.25, 0.3) is 0 Å². The fourth-order valence-electron chi connectivity index (χ4n) is 0.836. The first-order valence-electron chi connectivity index (χ1n) is 3.81. The number of nitrogens with two attached hydrogens (primary N) is 1. The Morgan fingerprint density at radius 3 is 2.93 bits per heavy atom. The van der Waals surface area contributed by atoms with Crippen molar-refractivity contribution in [2.24, 2.45) is 0 Å². The van der Waals surface area contributed by atoms with E-state index >= 15 is 0 Å². The molecule has 0 saturated carbocycles. The van der Waals surface area contributed by atoms with E-state index < -0.39 is 0 Å². The number of thioether (sulfide) groups is 1. The van der Waals surface area contributed by atoms with Gasteiger partial charge in [0.1, 0.15) is 5.03 Å². The van der Waals surface area contributed by atoms with E-state index in [0.717, 1.165) is 16.5 Å². The van der Waals surface area contributed by atoms with E-state index in [1.54, 1.807) is 12.4 Å². The largest absolute Gasteiger partial charge is 0.381 e. The van der Waals surface area contributed by atoms with Gasteiger partial charge in [0, 0.05) is 23.5 Å². The lowest BCUT2D eigenvalue weighted by Gasteiger charge is -1.99. The Labute approximate surface area is 88.9 Å². The van der Waals surface area contributed by atoms with E-state index in [1.807, 2.05) is 5.38 Å². The second-order valence-corrected chi connectivity index (χ2v) is 4.01. The lowest BCUT2D eigenvalue weighted by atomic mass is 10.6. The maximum Gasteiger partial charge on any atom is 0.156 e. The predicted octanol–water partition coefficient (Wildman–Crippen LogP) is 1.20. The molecule has 0 aliphatic rings. The second kappa shape index (κ2) is 4.34.